The van der Waals surface area contributed by atoms with Gasteiger partial charge in [0.15, 0.2) is 11.5 Å². The summed E-state index contributed by atoms with van der Waals surface area (Å²) >= 11 is 0. The first kappa shape index (κ1) is 25.7. The number of ether oxygens (including phenoxy) is 5. The Labute approximate surface area is 212 Å². The van der Waals surface area contributed by atoms with Crippen LogP contribution in [-0.2, 0) is 10.0 Å². The molecule has 9 nitrogen and oxygen atoms in total. The summed E-state index contributed by atoms with van der Waals surface area (Å²) in [5, 5.41) is 4.63. The lowest BCUT2D eigenvalue weighted by molar-refractivity contribution is 0.158. The molecule has 0 aliphatic carbocycles. The topological polar surface area (TPSA) is 95.9 Å². The first-order valence-electron chi connectivity index (χ1n) is 11.6. The highest BCUT2D eigenvalue weighted by molar-refractivity contribution is 7.89. The van der Waals surface area contributed by atoms with Crippen LogP contribution in [0.15, 0.2) is 35.4 Å². The SMILES string of the molecule is CCS(=O)(=O)N1N=C(c2ccc(OC)c3c2OC(C)(C)C=C3)CC1c1cc(OC)c(OC)c(OC)c1. The Morgan fingerprint density at radius 3 is 2.22 bits per heavy atom. The van der Waals surface area contributed by atoms with Gasteiger partial charge in [0.05, 0.1) is 51.5 Å². The van der Waals surface area contributed by atoms with Gasteiger partial charge in [0.25, 0.3) is 0 Å². The molecule has 2 aliphatic heterocycles. The number of hydrogen-bond donors (Lipinski definition) is 0. The molecule has 10 heteroatoms. The van der Waals surface area contributed by atoms with Crippen molar-refractivity contribution in [1.29, 1.82) is 0 Å². The van der Waals surface area contributed by atoms with Gasteiger partial charge in [-0.2, -0.15) is 9.52 Å². The summed E-state index contributed by atoms with van der Waals surface area (Å²) in [7, 11) is 2.47. The fourth-order valence-electron chi connectivity index (χ4n) is 4.42. The van der Waals surface area contributed by atoms with Gasteiger partial charge < -0.3 is 23.7 Å². The molecule has 194 valence electrons. The molecule has 1 unspecified atom stereocenters. The van der Waals surface area contributed by atoms with E-state index in [4.69, 9.17) is 23.7 Å². The molecule has 0 N–H and O–H groups in total. The van der Waals surface area contributed by atoms with Gasteiger partial charge in [-0.3, -0.25) is 0 Å². The van der Waals surface area contributed by atoms with Crippen LogP contribution >= 0.6 is 0 Å². The molecule has 36 heavy (non-hydrogen) atoms. The average molecular weight is 517 g/mol. The van der Waals surface area contributed by atoms with E-state index in [1.807, 2.05) is 38.1 Å². The number of nitrogens with zero attached hydrogens (tertiary/aromatic N) is 2. The predicted octanol–water partition coefficient (Wildman–Crippen LogP) is 4.41. The molecule has 0 fully saturated rings. The maximum Gasteiger partial charge on any atom is 0.250 e. The van der Waals surface area contributed by atoms with Crippen molar-refractivity contribution < 1.29 is 32.1 Å². The zero-order valence-electron chi connectivity index (χ0n) is 21.6. The van der Waals surface area contributed by atoms with Gasteiger partial charge in [-0.15, -0.1) is 0 Å². The van der Waals surface area contributed by atoms with E-state index in [9.17, 15) is 8.42 Å². The van der Waals surface area contributed by atoms with Crippen LogP contribution in [0.2, 0.25) is 0 Å². The second-order valence-electron chi connectivity index (χ2n) is 9.00. The third-order valence-corrected chi connectivity index (χ3v) is 7.93. The third kappa shape index (κ3) is 4.45. The minimum absolute atomic E-state index is 0.0995. The lowest BCUT2D eigenvalue weighted by Crippen LogP contribution is -2.28. The zero-order valence-corrected chi connectivity index (χ0v) is 22.4. The maximum atomic E-state index is 13.2. The van der Waals surface area contributed by atoms with E-state index in [2.05, 4.69) is 5.10 Å². The molecule has 0 saturated carbocycles. The quantitative estimate of drug-likeness (QED) is 0.513. The van der Waals surface area contributed by atoms with Crippen molar-refractivity contribution in [3.8, 4) is 28.7 Å². The van der Waals surface area contributed by atoms with Crippen LogP contribution in [0.1, 0.15) is 49.9 Å². The predicted molar refractivity (Wildman–Crippen MR) is 138 cm³/mol. The van der Waals surface area contributed by atoms with Gasteiger partial charge in [-0.05, 0) is 62.8 Å². The summed E-state index contributed by atoms with van der Waals surface area (Å²) in [5.74, 6) is 2.48. The lowest BCUT2D eigenvalue weighted by Gasteiger charge is -2.30. The summed E-state index contributed by atoms with van der Waals surface area (Å²) in [5.41, 5.74) is 2.23. The Morgan fingerprint density at radius 1 is 1.03 bits per heavy atom. The molecule has 0 amide bonds. The highest BCUT2D eigenvalue weighted by Gasteiger charge is 2.39. The standard InChI is InChI=1S/C26H32N2O7S/c1-8-36(29,30)28-20(16-13-22(32-5)25(34-7)23(14-16)33-6)15-19(27-28)17-9-10-21(31-4)18-11-12-26(2,3)35-24(17)18/h9-14,20H,8,15H2,1-7H3. The number of hydrazone groups is 1. The van der Waals surface area contributed by atoms with E-state index in [1.165, 1.54) is 25.7 Å². The van der Waals surface area contributed by atoms with Crippen LogP contribution in [0.3, 0.4) is 0 Å². The minimum Gasteiger partial charge on any atom is -0.496 e. The highest BCUT2D eigenvalue weighted by atomic mass is 32.2. The summed E-state index contributed by atoms with van der Waals surface area (Å²) < 4.78 is 55.8. The smallest absolute Gasteiger partial charge is 0.250 e. The molecule has 4 rings (SSSR count). The summed E-state index contributed by atoms with van der Waals surface area (Å²) in [6, 6.07) is 6.61. The van der Waals surface area contributed by atoms with E-state index in [0.717, 1.165) is 11.1 Å². The monoisotopic (exact) mass is 516 g/mol. The second-order valence-corrected chi connectivity index (χ2v) is 11.1. The molecule has 2 heterocycles. The van der Waals surface area contributed by atoms with Crippen LogP contribution in [0.5, 0.6) is 28.7 Å². The first-order chi connectivity index (χ1) is 17.1. The summed E-state index contributed by atoms with van der Waals surface area (Å²) in [4.78, 5) is 0. The van der Waals surface area contributed by atoms with Gasteiger partial charge in [0, 0.05) is 12.0 Å². The molecular formula is C26H32N2O7S. The van der Waals surface area contributed by atoms with E-state index < -0.39 is 21.7 Å². The summed E-state index contributed by atoms with van der Waals surface area (Å²) in [6.45, 7) is 5.51. The van der Waals surface area contributed by atoms with Crippen molar-refractivity contribution in [2.45, 2.75) is 38.8 Å². The van der Waals surface area contributed by atoms with E-state index in [1.54, 1.807) is 26.2 Å². The molecule has 0 saturated heterocycles. The van der Waals surface area contributed by atoms with Crippen molar-refractivity contribution >= 4 is 21.8 Å². The van der Waals surface area contributed by atoms with Gasteiger partial charge in [0.2, 0.25) is 15.8 Å². The zero-order chi connectivity index (χ0) is 26.3. The third-order valence-electron chi connectivity index (χ3n) is 6.30. The van der Waals surface area contributed by atoms with Crippen molar-refractivity contribution in [3.05, 3.63) is 47.0 Å². The van der Waals surface area contributed by atoms with Crippen molar-refractivity contribution in [2.75, 3.05) is 34.2 Å². The fraction of sp³-hybridized carbons (Fsp3) is 0.423. The Hall–Kier alpha value is -3.40. The minimum atomic E-state index is -3.69. The van der Waals surface area contributed by atoms with Crippen LogP contribution < -0.4 is 23.7 Å². The molecule has 0 bridgehead atoms. The van der Waals surface area contributed by atoms with Gasteiger partial charge in [-0.25, -0.2) is 8.42 Å². The molecule has 0 spiro atoms. The van der Waals surface area contributed by atoms with Gasteiger partial charge in [-0.1, -0.05) is 0 Å². The van der Waals surface area contributed by atoms with Crippen molar-refractivity contribution in [3.63, 3.8) is 0 Å². The lowest BCUT2D eigenvalue weighted by atomic mass is 9.94. The molecule has 2 aromatic rings. The van der Waals surface area contributed by atoms with Crippen LogP contribution in [0.25, 0.3) is 6.08 Å². The van der Waals surface area contributed by atoms with Crippen molar-refractivity contribution in [2.24, 2.45) is 5.10 Å². The van der Waals surface area contributed by atoms with Crippen molar-refractivity contribution in [1.82, 2.24) is 4.41 Å². The molecule has 2 aromatic carbocycles. The number of sulfonamides is 1. The second kappa shape index (κ2) is 9.57. The molecule has 2 aliphatic rings. The van der Waals surface area contributed by atoms with Gasteiger partial charge in [0.1, 0.15) is 17.1 Å². The number of fused-ring (bicyclic) bond motifs is 1. The van der Waals surface area contributed by atoms with E-state index in [0.29, 0.717) is 46.4 Å². The van der Waals surface area contributed by atoms with Crippen LogP contribution in [-0.4, -0.2) is 58.3 Å². The average Bonchev–Trinajstić information content (AvgIpc) is 3.32. The highest BCUT2D eigenvalue weighted by Crippen LogP contribution is 2.46. The van der Waals surface area contributed by atoms with Crippen LogP contribution in [0.4, 0.5) is 0 Å². The fourth-order valence-corrected chi connectivity index (χ4v) is 5.49. The van der Waals surface area contributed by atoms with Gasteiger partial charge >= 0.3 is 0 Å². The summed E-state index contributed by atoms with van der Waals surface area (Å²) in [6.07, 6.45) is 4.25. The number of rotatable bonds is 8. The first-order valence-corrected chi connectivity index (χ1v) is 13.2. The largest absolute Gasteiger partial charge is 0.496 e. The molecule has 0 aromatic heterocycles. The van der Waals surface area contributed by atoms with E-state index >= 15 is 0 Å². The Morgan fingerprint density at radius 2 is 1.67 bits per heavy atom. The number of hydrogen-bond acceptors (Lipinski definition) is 8. The number of methoxy groups -OCH3 is 4. The Balaban J connectivity index is 1.86. The Kier molecular flexibility index (Phi) is 6.83. The maximum absolute atomic E-state index is 13.2. The van der Waals surface area contributed by atoms with Crippen LogP contribution in [0, 0.1) is 0 Å². The molecular weight excluding hydrogens is 484 g/mol. The molecule has 0 radical (unpaired) electrons. The Bertz CT molecular complexity index is 1310. The normalized spacial score (nSPS) is 18.2. The number of benzene rings is 2. The molecule has 1 atom stereocenters. The van der Waals surface area contributed by atoms with E-state index in [-0.39, 0.29) is 5.75 Å².